The van der Waals surface area contributed by atoms with Crippen LogP contribution in [0.25, 0.3) is 0 Å². The van der Waals surface area contributed by atoms with E-state index in [1.54, 1.807) is 7.05 Å². The van der Waals surface area contributed by atoms with Crippen LogP contribution in [0.2, 0.25) is 0 Å². The van der Waals surface area contributed by atoms with Gasteiger partial charge in [-0.15, -0.1) is 0 Å². The molecule has 3 heteroatoms. The van der Waals surface area contributed by atoms with Crippen LogP contribution in [-0.2, 0) is 0 Å². The van der Waals surface area contributed by atoms with Crippen LogP contribution in [0, 0.1) is 0 Å². The summed E-state index contributed by atoms with van der Waals surface area (Å²) in [5.41, 5.74) is 2.02. The van der Waals surface area contributed by atoms with Gasteiger partial charge < -0.3 is 0 Å². The Bertz CT molecular complexity index is 561. The number of amidine groups is 2. The molecule has 20 heavy (non-hydrogen) atoms. The monoisotopic (exact) mass is 267 g/mol. The summed E-state index contributed by atoms with van der Waals surface area (Å²) in [5.74, 6) is 1.37. The summed E-state index contributed by atoms with van der Waals surface area (Å²) in [4.78, 5) is 13.0. The maximum atomic E-state index is 4.50. The van der Waals surface area contributed by atoms with E-state index in [0.29, 0.717) is 11.7 Å². The first kappa shape index (κ1) is 15.8. The lowest BCUT2D eigenvalue weighted by atomic mass is 10.2. The molecule has 0 saturated carbocycles. The molecule has 3 nitrogen and oxygen atoms in total. The van der Waals surface area contributed by atoms with Crippen molar-refractivity contribution in [1.82, 2.24) is 0 Å². The van der Waals surface area contributed by atoms with E-state index in [2.05, 4.69) is 15.0 Å². The molecule has 1 rings (SSSR count). The summed E-state index contributed by atoms with van der Waals surface area (Å²) in [6.07, 6.45) is 7.81. The van der Waals surface area contributed by atoms with Crippen LogP contribution >= 0.6 is 0 Å². The second-order valence-electron chi connectivity index (χ2n) is 4.12. The fourth-order valence-corrected chi connectivity index (χ4v) is 1.50. The van der Waals surface area contributed by atoms with Crippen molar-refractivity contribution < 1.29 is 0 Å². The quantitative estimate of drug-likeness (QED) is 0.450. The molecule has 0 aromatic heterocycles. The van der Waals surface area contributed by atoms with Crippen molar-refractivity contribution in [2.45, 2.75) is 20.8 Å². The number of benzene rings is 1. The van der Waals surface area contributed by atoms with Crippen molar-refractivity contribution >= 4 is 17.9 Å². The van der Waals surface area contributed by atoms with Gasteiger partial charge in [0.15, 0.2) is 5.84 Å². The topological polar surface area (TPSA) is 37.1 Å². The van der Waals surface area contributed by atoms with E-state index in [4.69, 9.17) is 0 Å². The Hall–Kier alpha value is -2.29. The fraction of sp³-hybridized carbons (Fsp3) is 0.235. The number of aliphatic imine (C=N–C) groups is 3. The number of allylic oxidation sites excluding steroid dienone is 4. The third-order valence-electron chi connectivity index (χ3n) is 2.65. The summed E-state index contributed by atoms with van der Waals surface area (Å²) in [6.45, 7) is 5.83. The molecule has 0 aliphatic rings. The average Bonchev–Trinajstić information content (AvgIpc) is 2.50. The highest BCUT2D eigenvalue weighted by molar-refractivity contribution is 6.10. The van der Waals surface area contributed by atoms with Crippen molar-refractivity contribution in [3.8, 4) is 0 Å². The SMILES string of the molecule is C/C=C\C(C=NC(=NC(C)=NC)c1ccccc1)=C/C. The van der Waals surface area contributed by atoms with Crippen LogP contribution in [0.3, 0.4) is 0 Å². The Morgan fingerprint density at radius 1 is 1.10 bits per heavy atom. The lowest BCUT2D eigenvalue weighted by Crippen LogP contribution is -2.01. The minimum Gasteiger partial charge on any atom is -0.274 e. The predicted molar refractivity (Wildman–Crippen MR) is 89.1 cm³/mol. The highest BCUT2D eigenvalue weighted by atomic mass is 15.0. The van der Waals surface area contributed by atoms with E-state index in [0.717, 1.165) is 11.1 Å². The van der Waals surface area contributed by atoms with Crippen molar-refractivity contribution in [1.29, 1.82) is 0 Å². The first-order valence-corrected chi connectivity index (χ1v) is 6.61. The smallest absolute Gasteiger partial charge is 0.161 e. The summed E-state index contributed by atoms with van der Waals surface area (Å²) >= 11 is 0. The molecule has 0 bridgehead atoms. The second-order valence-corrected chi connectivity index (χ2v) is 4.12. The van der Waals surface area contributed by atoms with Crippen LogP contribution in [0.15, 0.2) is 69.1 Å². The maximum absolute atomic E-state index is 4.50. The first-order chi connectivity index (χ1) is 9.71. The van der Waals surface area contributed by atoms with E-state index < -0.39 is 0 Å². The van der Waals surface area contributed by atoms with Crippen LogP contribution < -0.4 is 0 Å². The van der Waals surface area contributed by atoms with Crippen molar-refractivity contribution in [3.05, 3.63) is 59.7 Å². The third-order valence-corrected chi connectivity index (χ3v) is 2.65. The van der Waals surface area contributed by atoms with Crippen molar-refractivity contribution in [2.75, 3.05) is 7.05 Å². The van der Waals surface area contributed by atoms with Gasteiger partial charge in [-0.2, -0.15) is 0 Å². The normalized spacial score (nSPS) is 14.5. The molecule has 0 saturated heterocycles. The standard InChI is InChI=1S/C17H21N3/c1-5-10-15(6-2)13-19-17(20-14(3)18-4)16-11-8-7-9-12-16/h5-13H,1-4H3/b10-5-,15-6+,18-14?,19-13?,20-17?. The largest absolute Gasteiger partial charge is 0.274 e. The minimum atomic E-state index is 0.664. The molecule has 0 heterocycles. The highest BCUT2D eigenvalue weighted by Gasteiger charge is 2.01. The molecule has 1 aromatic carbocycles. The summed E-state index contributed by atoms with van der Waals surface area (Å²) in [6, 6.07) is 9.90. The zero-order chi connectivity index (χ0) is 14.8. The van der Waals surface area contributed by atoms with Crippen LogP contribution in [0.1, 0.15) is 26.3 Å². The van der Waals surface area contributed by atoms with Gasteiger partial charge in [0.05, 0.1) is 0 Å². The van der Waals surface area contributed by atoms with Gasteiger partial charge in [-0.05, 0) is 26.3 Å². The number of hydrogen-bond donors (Lipinski definition) is 0. The molecule has 0 unspecified atom stereocenters. The van der Waals surface area contributed by atoms with E-state index in [1.807, 2.05) is 75.5 Å². The average molecular weight is 267 g/mol. The maximum Gasteiger partial charge on any atom is 0.161 e. The number of hydrogen-bond acceptors (Lipinski definition) is 1. The van der Waals surface area contributed by atoms with Crippen LogP contribution in [-0.4, -0.2) is 24.9 Å². The molecule has 1 aromatic rings. The van der Waals surface area contributed by atoms with E-state index in [-0.39, 0.29) is 0 Å². The van der Waals surface area contributed by atoms with Gasteiger partial charge >= 0.3 is 0 Å². The number of rotatable bonds is 3. The van der Waals surface area contributed by atoms with Gasteiger partial charge in [0.2, 0.25) is 0 Å². The second kappa shape index (κ2) is 8.75. The molecule has 104 valence electrons. The molecule has 0 N–H and O–H groups in total. The first-order valence-electron chi connectivity index (χ1n) is 6.61. The van der Waals surface area contributed by atoms with E-state index in [1.165, 1.54) is 0 Å². The molecule has 0 aliphatic carbocycles. The van der Waals surface area contributed by atoms with E-state index >= 15 is 0 Å². The lowest BCUT2D eigenvalue weighted by Gasteiger charge is -2.01. The Labute approximate surface area is 121 Å². The summed E-state index contributed by atoms with van der Waals surface area (Å²) in [5, 5.41) is 0. The molecule has 0 fully saturated rings. The Kier molecular flexibility index (Phi) is 6.90. The molecule has 0 spiro atoms. The Balaban J connectivity index is 3.14. The van der Waals surface area contributed by atoms with Crippen molar-refractivity contribution in [3.63, 3.8) is 0 Å². The summed E-state index contributed by atoms with van der Waals surface area (Å²) < 4.78 is 0. The predicted octanol–water partition coefficient (Wildman–Crippen LogP) is 4.07. The highest BCUT2D eigenvalue weighted by Crippen LogP contribution is 2.04. The Morgan fingerprint density at radius 3 is 2.35 bits per heavy atom. The van der Waals surface area contributed by atoms with E-state index in [9.17, 15) is 0 Å². The molecule has 0 aliphatic heterocycles. The van der Waals surface area contributed by atoms with Crippen molar-refractivity contribution in [2.24, 2.45) is 15.0 Å². The molecular formula is C17H21N3. The number of nitrogens with zero attached hydrogens (tertiary/aromatic N) is 3. The molecule has 0 amide bonds. The van der Waals surface area contributed by atoms with Crippen LogP contribution in [0.5, 0.6) is 0 Å². The van der Waals surface area contributed by atoms with Gasteiger partial charge in [-0.3, -0.25) is 4.99 Å². The Morgan fingerprint density at radius 2 is 1.80 bits per heavy atom. The minimum absolute atomic E-state index is 0.664. The zero-order valence-electron chi connectivity index (χ0n) is 12.5. The summed E-state index contributed by atoms with van der Waals surface area (Å²) in [7, 11) is 1.72. The zero-order valence-corrected chi connectivity index (χ0v) is 12.5. The molecule has 0 radical (unpaired) electrons. The van der Waals surface area contributed by atoms with Gasteiger partial charge in [-0.1, -0.05) is 48.6 Å². The third kappa shape index (κ3) is 5.14. The van der Waals surface area contributed by atoms with Gasteiger partial charge in [-0.25, -0.2) is 9.98 Å². The fourth-order valence-electron chi connectivity index (χ4n) is 1.50. The van der Waals surface area contributed by atoms with Gasteiger partial charge in [0.25, 0.3) is 0 Å². The van der Waals surface area contributed by atoms with Gasteiger partial charge in [0.1, 0.15) is 5.84 Å². The molecular weight excluding hydrogens is 246 g/mol. The van der Waals surface area contributed by atoms with Crippen LogP contribution in [0.4, 0.5) is 0 Å². The molecule has 0 atom stereocenters. The lowest BCUT2D eigenvalue weighted by molar-refractivity contribution is 1.37. The van der Waals surface area contributed by atoms with Gasteiger partial charge in [0, 0.05) is 18.8 Å².